The summed E-state index contributed by atoms with van der Waals surface area (Å²) in [5.41, 5.74) is 2.09. The fourth-order valence-corrected chi connectivity index (χ4v) is 1.85. The van der Waals surface area contributed by atoms with Crippen LogP contribution in [0.15, 0.2) is 24.4 Å². The van der Waals surface area contributed by atoms with Crippen LogP contribution in [-0.4, -0.2) is 16.7 Å². The van der Waals surface area contributed by atoms with Crippen LogP contribution in [0, 0.1) is 11.7 Å². The first kappa shape index (κ1) is 11.1. The summed E-state index contributed by atoms with van der Waals surface area (Å²) in [6.07, 6.45) is 3.71. The first-order valence-corrected chi connectivity index (χ1v) is 5.57. The Bertz CT molecular complexity index is 478. The van der Waals surface area contributed by atoms with E-state index >= 15 is 0 Å². The number of aryl methyl sites for hydroxylation is 1. The molecule has 2 N–H and O–H groups in total. The number of halogens is 1. The standard InChI is InChI=1S/C13H16FNO/c1-9(8-16)2-3-10-7-15-13-5-4-11(14)6-12(10)13/h4-7,9,15-16H,2-3,8H2,1H3/t9-/m0/s1. The van der Waals surface area contributed by atoms with Gasteiger partial charge in [0, 0.05) is 23.7 Å². The van der Waals surface area contributed by atoms with Crippen LogP contribution in [0.3, 0.4) is 0 Å². The van der Waals surface area contributed by atoms with Crippen LogP contribution in [0.4, 0.5) is 4.39 Å². The lowest BCUT2D eigenvalue weighted by atomic mass is 10.0. The van der Waals surface area contributed by atoms with Crippen LogP contribution >= 0.6 is 0 Å². The van der Waals surface area contributed by atoms with Crippen LogP contribution in [0.5, 0.6) is 0 Å². The molecule has 0 saturated carbocycles. The van der Waals surface area contributed by atoms with Crippen molar-refractivity contribution in [2.24, 2.45) is 5.92 Å². The number of rotatable bonds is 4. The molecule has 2 aromatic rings. The normalized spacial score (nSPS) is 13.2. The topological polar surface area (TPSA) is 36.0 Å². The molecule has 86 valence electrons. The van der Waals surface area contributed by atoms with E-state index in [1.165, 1.54) is 6.07 Å². The van der Waals surface area contributed by atoms with Crippen LogP contribution in [0.1, 0.15) is 18.9 Å². The van der Waals surface area contributed by atoms with Gasteiger partial charge in [0.2, 0.25) is 0 Å². The van der Waals surface area contributed by atoms with Gasteiger partial charge >= 0.3 is 0 Å². The Morgan fingerprint density at radius 1 is 1.44 bits per heavy atom. The van der Waals surface area contributed by atoms with E-state index in [0.717, 1.165) is 29.3 Å². The first-order chi connectivity index (χ1) is 7.70. The zero-order valence-electron chi connectivity index (χ0n) is 9.33. The number of nitrogens with one attached hydrogen (secondary N) is 1. The summed E-state index contributed by atoms with van der Waals surface area (Å²) in [7, 11) is 0. The molecule has 1 aromatic carbocycles. The number of hydrogen-bond acceptors (Lipinski definition) is 1. The minimum absolute atomic E-state index is 0.205. The van der Waals surface area contributed by atoms with Crippen molar-refractivity contribution in [3.05, 3.63) is 35.8 Å². The number of hydrogen-bond donors (Lipinski definition) is 2. The maximum Gasteiger partial charge on any atom is 0.123 e. The number of aliphatic hydroxyl groups excluding tert-OH is 1. The van der Waals surface area contributed by atoms with E-state index in [0.29, 0.717) is 5.92 Å². The second-order valence-corrected chi connectivity index (χ2v) is 4.33. The van der Waals surface area contributed by atoms with Crippen molar-refractivity contribution in [2.75, 3.05) is 6.61 Å². The Kier molecular flexibility index (Phi) is 3.25. The molecule has 0 unspecified atom stereocenters. The van der Waals surface area contributed by atoms with Crippen molar-refractivity contribution < 1.29 is 9.50 Å². The second-order valence-electron chi connectivity index (χ2n) is 4.33. The van der Waals surface area contributed by atoms with Gasteiger partial charge in [-0.25, -0.2) is 4.39 Å². The summed E-state index contributed by atoms with van der Waals surface area (Å²) >= 11 is 0. The van der Waals surface area contributed by atoms with Gasteiger partial charge in [-0.2, -0.15) is 0 Å². The molecule has 0 saturated heterocycles. The Morgan fingerprint density at radius 2 is 2.25 bits per heavy atom. The molecule has 0 spiro atoms. The molecule has 1 heterocycles. The van der Waals surface area contributed by atoms with Crippen molar-refractivity contribution in [2.45, 2.75) is 19.8 Å². The average molecular weight is 221 g/mol. The average Bonchev–Trinajstić information content (AvgIpc) is 2.68. The fourth-order valence-electron chi connectivity index (χ4n) is 1.85. The smallest absolute Gasteiger partial charge is 0.123 e. The maximum absolute atomic E-state index is 13.1. The highest BCUT2D eigenvalue weighted by Crippen LogP contribution is 2.21. The van der Waals surface area contributed by atoms with Crippen molar-refractivity contribution in [3.8, 4) is 0 Å². The summed E-state index contributed by atoms with van der Waals surface area (Å²) in [6.45, 7) is 2.21. The lowest BCUT2D eigenvalue weighted by Gasteiger charge is -2.06. The van der Waals surface area contributed by atoms with Crippen molar-refractivity contribution in [3.63, 3.8) is 0 Å². The van der Waals surface area contributed by atoms with Gasteiger partial charge in [-0.05, 0) is 42.5 Å². The zero-order chi connectivity index (χ0) is 11.5. The molecule has 0 amide bonds. The van der Waals surface area contributed by atoms with E-state index < -0.39 is 0 Å². The SMILES string of the molecule is C[C@H](CO)CCc1c[nH]c2ccc(F)cc12. The van der Waals surface area contributed by atoms with E-state index in [-0.39, 0.29) is 12.4 Å². The first-order valence-electron chi connectivity index (χ1n) is 5.57. The van der Waals surface area contributed by atoms with E-state index in [4.69, 9.17) is 5.11 Å². The molecule has 2 rings (SSSR count). The van der Waals surface area contributed by atoms with E-state index in [2.05, 4.69) is 4.98 Å². The molecule has 0 bridgehead atoms. The van der Waals surface area contributed by atoms with E-state index in [1.54, 1.807) is 12.1 Å². The van der Waals surface area contributed by atoms with E-state index in [9.17, 15) is 4.39 Å². The Hall–Kier alpha value is -1.35. The highest BCUT2D eigenvalue weighted by molar-refractivity contribution is 5.83. The molecular weight excluding hydrogens is 205 g/mol. The largest absolute Gasteiger partial charge is 0.396 e. The third-order valence-electron chi connectivity index (χ3n) is 2.95. The summed E-state index contributed by atoms with van der Waals surface area (Å²) in [5, 5.41) is 9.90. The highest BCUT2D eigenvalue weighted by Gasteiger charge is 2.06. The minimum atomic E-state index is -0.205. The highest BCUT2D eigenvalue weighted by atomic mass is 19.1. The number of H-pyrrole nitrogens is 1. The van der Waals surface area contributed by atoms with Crippen LogP contribution < -0.4 is 0 Å². The van der Waals surface area contributed by atoms with E-state index in [1.807, 2.05) is 13.1 Å². The van der Waals surface area contributed by atoms with Crippen molar-refractivity contribution >= 4 is 10.9 Å². The molecule has 0 fully saturated rings. The van der Waals surface area contributed by atoms with Gasteiger partial charge in [0.15, 0.2) is 0 Å². The molecule has 16 heavy (non-hydrogen) atoms. The Labute approximate surface area is 94.1 Å². The van der Waals surface area contributed by atoms with Crippen LogP contribution in [0.25, 0.3) is 10.9 Å². The van der Waals surface area contributed by atoms with Gasteiger partial charge in [0.05, 0.1) is 0 Å². The Morgan fingerprint density at radius 3 is 3.00 bits per heavy atom. The molecule has 1 aromatic heterocycles. The number of benzene rings is 1. The number of aromatic nitrogens is 1. The second kappa shape index (κ2) is 4.66. The summed E-state index contributed by atoms with van der Waals surface area (Å²) in [5.74, 6) is 0.0852. The maximum atomic E-state index is 13.1. The predicted molar refractivity (Wildman–Crippen MR) is 62.8 cm³/mol. The molecule has 0 radical (unpaired) electrons. The van der Waals surface area contributed by atoms with Gasteiger partial charge in [-0.15, -0.1) is 0 Å². The lowest BCUT2D eigenvalue weighted by molar-refractivity contribution is 0.230. The molecule has 3 heteroatoms. The number of aromatic amines is 1. The fraction of sp³-hybridized carbons (Fsp3) is 0.385. The third-order valence-corrected chi connectivity index (χ3v) is 2.95. The van der Waals surface area contributed by atoms with Crippen LogP contribution in [0.2, 0.25) is 0 Å². The summed E-state index contributed by atoms with van der Waals surface area (Å²) < 4.78 is 13.1. The zero-order valence-corrected chi connectivity index (χ0v) is 9.33. The van der Waals surface area contributed by atoms with Crippen molar-refractivity contribution in [1.29, 1.82) is 0 Å². The molecule has 0 aliphatic rings. The summed E-state index contributed by atoms with van der Waals surface area (Å²) in [4.78, 5) is 3.13. The lowest BCUT2D eigenvalue weighted by Crippen LogP contribution is -2.01. The van der Waals surface area contributed by atoms with Gasteiger partial charge < -0.3 is 10.1 Å². The summed E-state index contributed by atoms with van der Waals surface area (Å²) in [6, 6.07) is 4.77. The number of aliphatic hydroxyl groups is 1. The molecular formula is C13H16FNO. The van der Waals surface area contributed by atoms with Gasteiger partial charge in [-0.1, -0.05) is 6.92 Å². The number of fused-ring (bicyclic) bond motifs is 1. The quantitative estimate of drug-likeness (QED) is 0.818. The van der Waals surface area contributed by atoms with Gasteiger partial charge in [0.25, 0.3) is 0 Å². The monoisotopic (exact) mass is 221 g/mol. The molecule has 0 aliphatic heterocycles. The minimum Gasteiger partial charge on any atom is -0.396 e. The van der Waals surface area contributed by atoms with Crippen molar-refractivity contribution in [1.82, 2.24) is 4.98 Å². The predicted octanol–water partition coefficient (Wildman–Crippen LogP) is 2.87. The molecule has 1 atom stereocenters. The van der Waals surface area contributed by atoms with Gasteiger partial charge in [-0.3, -0.25) is 0 Å². The molecule has 0 aliphatic carbocycles. The third kappa shape index (κ3) is 2.25. The molecule has 2 nitrogen and oxygen atoms in total. The Balaban J connectivity index is 2.21. The van der Waals surface area contributed by atoms with Gasteiger partial charge in [0.1, 0.15) is 5.82 Å². The van der Waals surface area contributed by atoms with Crippen LogP contribution in [-0.2, 0) is 6.42 Å².